The summed E-state index contributed by atoms with van der Waals surface area (Å²) in [6, 6.07) is 5.78. The number of nitrogens with zero attached hydrogens (tertiary/aromatic N) is 4. The fourth-order valence-electron chi connectivity index (χ4n) is 2.41. The summed E-state index contributed by atoms with van der Waals surface area (Å²) < 4.78 is 9.07. The van der Waals surface area contributed by atoms with Gasteiger partial charge in [0.25, 0.3) is 5.91 Å². The monoisotopic (exact) mass is 419 g/mol. The zero-order chi connectivity index (χ0) is 20.4. The van der Waals surface area contributed by atoms with E-state index in [1.165, 1.54) is 6.33 Å². The van der Waals surface area contributed by atoms with Gasteiger partial charge in [-0.2, -0.15) is 5.10 Å². The van der Waals surface area contributed by atoms with E-state index in [4.69, 9.17) is 4.74 Å². The summed E-state index contributed by atoms with van der Waals surface area (Å²) in [6.45, 7) is 7.78. The largest absolute Gasteiger partial charge is 0.379 e. The van der Waals surface area contributed by atoms with Crippen molar-refractivity contribution in [3.05, 3.63) is 30.9 Å². The molecule has 3 rings (SSSR count). The van der Waals surface area contributed by atoms with Crippen LogP contribution in [0.15, 0.2) is 35.2 Å². The van der Waals surface area contributed by atoms with E-state index in [0.29, 0.717) is 0 Å². The first-order valence-corrected chi connectivity index (χ1v) is 10.8. The second-order valence-corrected chi connectivity index (χ2v) is 9.95. The Balaban J connectivity index is 1.68. The lowest BCUT2D eigenvalue weighted by Crippen LogP contribution is -2.40. The van der Waals surface area contributed by atoms with Gasteiger partial charge in [-0.05, 0) is 52.3 Å². The molecule has 0 unspecified atom stereocenters. The van der Waals surface area contributed by atoms with Crippen LogP contribution in [0.25, 0.3) is 10.2 Å². The number of thiazole rings is 1. The topological polar surface area (TPSA) is 81.9 Å². The van der Waals surface area contributed by atoms with Crippen LogP contribution in [-0.2, 0) is 15.1 Å². The highest BCUT2D eigenvalue weighted by Gasteiger charge is 2.30. The highest BCUT2D eigenvalue weighted by atomic mass is 32.2. The van der Waals surface area contributed by atoms with Crippen molar-refractivity contribution in [3.8, 4) is 0 Å². The molecule has 3 aromatic rings. The maximum atomic E-state index is 12.7. The Kier molecular flexibility index (Phi) is 6.07. The normalized spacial score (nSPS) is 12.5. The van der Waals surface area contributed by atoms with Crippen molar-refractivity contribution < 1.29 is 9.53 Å². The second-order valence-electron chi connectivity index (χ2n) is 7.58. The summed E-state index contributed by atoms with van der Waals surface area (Å²) in [5, 5.41) is 7.05. The Hall–Kier alpha value is -1.97. The van der Waals surface area contributed by atoms with Crippen LogP contribution in [0.5, 0.6) is 0 Å². The summed E-state index contributed by atoms with van der Waals surface area (Å²) in [4.78, 5) is 21.3. The third kappa shape index (κ3) is 4.71. The number of hydrogen-bond donors (Lipinski definition) is 1. The number of carbonyl (C=O) groups excluding carboxylic acids is 1. The predicted octanol–water partition coefficient (Wildman–Crippen LogP) is 4.17. The number of anilines is 1. The quantitative estimate of drug-likeness (QED) is 0.552. The van der Waals surface area contributed by atoms with Crippen molar-refractivity contribution >= 4 is 44.9 Å². The molecule has 1 aromatic carbocycles. The van der Waals surface area contributed by atoms with Gasteiger partial charge in [0.2, 0.25) is 0 Å². The molecule has 0 saturated heterocycles. The Bertz CT molecular complexity index is 951. The first-order chi connectivity index (χ1) is 13.2. The first kappa shape index (κ1) is 20.8. The summed E-state index contributed by atoms with van der Waals surface area (Å²) >= 11 is 3.37. The smallest absolute Gasteiger partial charge is 0.251 e. The number of rotatable bonds is 8. The summed E-state index contributed by atoms with van der Waals surface area (Å²) in [5.74, 6) is 0.786. The number of nitrogens with one attached hydrogen (secondary N) is 1. The van der Waals surface area contributed by atoms with Crippen molar-refractivity contribution in [1.82, 2.24) is 19.7 Å². The van der Waals surface area contributed by atoms with Crippen LogP contribution < -0.4 is 5.32 Å². The molecular formula is C19H25N5O2S2. The van der Waals surface area contributed by atoms with Crippen LogP contribution in [-0.4, -0.2) is 44.1 Å². The minimum absolute atomic E-state index is 0.127. The van der Waals surface area contributed by atoms with Gasteiger partial charge in [-0.15, -0.1) is 11.3 Å². The highest BCUT2D eigenvalue weighted by molar-refractivity contribution is 8.01. The lowest BCUT2D eigenvalue weighted by Gasteiger charge is -2.23. The third-order valence-corrected chi connectivity index (χ3v) is 6.82. The van der Waals surface area contributed by atoms with Crippen LogP contribution in [0.2, 0.25) is 0 Å². The first-order valence-electron chi connectivity index (χ1n) is 8.96. The van der Waals surface area contributed by atoms with Crippen LogP contribution >= 0.6 is 23.1 Å². The second kappa shape index (κ2) is 8.18. The van der Waals surface area contributed by atoms with Gasteiger partial charge in [0.15, 0.2) is 4.34 Å². The van der Waals surface area contributed by atoms with Gasteiger partial charge >= 0.3 is 0 Å². The summed E-state index contributed by atoms with van der Waals surface area (Å²) in [5.41, 5.74) is 0.713. The lowest BCUT2D eigenvalue weighted by molar-refractivity contribution is -0.123. The minimum atomic E-state index is -0.839. The number of hydrogen-bond acceptors (Lipinski definition) is 7. The molecule has 7 nitrogen and oxygen atoms in total. The third-order valence-electron chi connectivity index (χ3n) is 4.66. The van der Waals surface area contributed by atoms with Crippen LogP contribution in [0, 0.1) is 0 Å². The fourth-order valence-corrected chi connectivity index (χ4v) is 4.84. The van der Waals surface area contributed by atoms with E-state index in [1.54, 1.807) is 55.1 Å². The Labute approximate surface area is 172 Å². The van der Waals surface area contributed by atoms with Crippen molar-refractivity contribution in [2.45, 2.75) is 49.6 Å². The SMILES string of the molecule is COC(C)(C)CCSc1nc2ccc(NC(=O)C(C)(C)n3cncn3)cc2s1. The van der Waals surface area contributed by atoms with Gasteiger partial charge in [0.1, 0.15) is 18.2 Å². The van der Waals surface area contributed by atoms with Gasteiger partial charge in [-0.3, -0.25) is 4.79 Å². The molecule has 0 spiro atoms. The van der Waals surface area contributed by atoms with Gasteiger partial charge in [0, 0.05) is 18.6 Å². The molecular weight excluding hydrogens is 394 g/mol. The van der Waals surface area contributed by atoms with Gasteiger partial charge in [-0.1, -0.05) is 11.8 Å². The van der Waals surface area contributed by atoms with E-state index in [9.17, 15) is 4.79 Å². The molecule has 0 aliphatic rings. The maximum Gasteiger partial charge on any atom is 0.251 e. The van der Waals surface area contributed by atoms with E-state index in [0.717, 1.165) is 32.4 Å². The van der Waals surface area contributed by atoms with Crippen LogP contribution in [0.3, 0.4) is 0 Å². The number of ether oxygens (including phenoxy) is 1. The van der Waals surface area contributed by atoms with Gasteiger partial charge in [-0.25, -0.2) is 14.6 Å². The molecule has 2 aromatic heterocycles. The summed E-state index contributed by atoms with van der Waals surface area (Å²) in [7, 11) is 1.74. The van der Waals surface area contributed by atoms with Crippen molar-refractivity contribution in [1.29, 1.82) is 0 Å². The van der Waals surface area contributed by atoms with Crippen molar-refractivity contribution in [2.24, 2.45) is 0 Å². The van der Waals surface area contributed by atoms with Gasteiger partial charge in [0.05, 0.1) is 15.8 Å². The minimum Gasteiger partial charge on any atom is -0.379 e. The van der Waals surface area contributed by atoms with E-state index in [2.05, 4.69) is 34.2 Å². The standard InChI is InChI=1S/C19H25N5O2S2/c1-18(2,26-5)8-9-27-17-23-14-7-6-13(10-15(14)28-17)22-16(25)19(3,4)24-12-20-11-21-24/h6-7,10-12H,8-9H2,1-5H3,(H,22,25). The van der Waals surface area contributed by atoms with E-state index in [1.807, 2.05) is 18.2 Å². The Morgan fingerprint density at radius 1 is 1.32 bits per heavy atom. The van der Waals surface area contributed by atoms with Crippen molar-refractivity contribution in [3.63, 3.8) is 0 Å². The number of fused-ring (bicyclic) bond motifs is 1. The molecule has 0 bridgehead atoms. The average Bonchev–Trinajstić information content (AvgIpc) is 3.31. The number of aromatic nitrogens is 4. The maximum absolute atomic E-state index is 12.7. The molecule has 0 radical (unpaired) electrons. The number of carbonyl (C=O) groups is 1. The molecule has 1 N–H and O–H groups in total. The molecule has 2 heterocycles. The van der Waals surface area contributed by atoms with E-state index >= 15 is 0 Å². The molecule has 28 heavy (non-hydrogen) atoms. The molecule has 0 aliphatic heterocycles. The molecule has 0 aliphatic carbocycles. The predicted molar refractivity (Wildman–Crippen MR) is 114 cm³/mol. The lowest BCUT2D eigenvalue weighted by atomic mass is 10.1. The highest BCUT2D eigenvalue weighted by Crippen LogP contribution is 2.33. The van der Waals surface area contributed by atoms with E-state index < -0.39 is 5.54 Å². The molecule has 9 heteroatoms. The van der Waals surface area contributed by atoms with Crippen LogP contribution in [0.4, 0.5) is 5.69 Å². The molecule has 0 fully saturated rings. The number of methoxy groups -OCH3 is 1. The zero-order valence-corrected chi connectivity index (χ0v) is 18.4. The fraction of sp³-hybridized carbons (Fsp3) is 0.474. The summed E-state index contributed by atoms with van der Waals surface area (Å²) in [6.07, 6.45) is 3.91. The van der Waals surface area contributed by atoms with Crippen LogP contribution in [0.1, 0.15) is 34.1 Å². The molecule has 0 saturated carbocycles. The number of benzene rings is 1. The Morgan fingerprint density at radius 2 is 2.11 bits per heavy atom. The number of thioether (sulfide) groups is 1. The average molecular weight is 420 g/mol. The van der Waals surface area contributed by atoms with Gasteiger partial charge < -0.3 is 10.1 Å². The van der Waals surface area contributed by atoms with E-state index in [-0.39, 0.29) is 11.5 Å². The zero-order valence-electron chi connectivity index (χ0n) is 16.7. The van der Waals surface area contributed by atoms with Crippen molar-refractivity contribution in [2.75, 3.05) is 18.2 Å². The molecule has 0 atom stereocenters. The number of amides is 1. The Morgan fingerprint density at radius 3 is 2.79 bits per heavy atom. The molecule has 1 amide bonds. The molecule has 150 valence electrons.